The molecule has 0 aliphatic carbocycles. The largest absolute Gasteiger partial charge is 0.489 e. The molecule has 6 heteroatoms. The second-order valence-electron chi connectivity index (χ2n) is 4.64. The third-order valence-corrected chi connectivity index (χ3v) is 2.00. The van der Waals surface area contributed by atoms with E-state index >= 15 is 0 Å². The van der Waals surface area contributed by atoms with E-state index in [2.05, 4.69) is 10.1 Å². The summed E-state index contributed by atoms with van der Waals surface area (Å²) in [6, 6.07) is 3.42. The van der Waals surface area contributed by atoms with Gasteiger partial charge in [0.25, 0.3) is 0 Å². The van der Waals surface area contributed by atoms with Crippen LogP contribution in [0.5, 0.6) is 5.75 Å². The van der Waals surface area contributed by atoms with Crippen molar-refractivity contribution in [3.8, 4) is 5.75 Å². The molecule has 0 aromatic carbocycles. The SMILES string of the molecule is CC(C)(C)OCCOc1cccnc1/C(N)=N/O. The van der Waals surface area contributed by atoms with Crippen LogP contribution >= 0.6 is 0 Å². The highest BCUT2D eigenvalue weighted by molar-refractivity contribution is 5.97. The summed E-state index contributed by atoms with van der Waals surface area (Å²) in [5.41, 5.74) is 5.61. The van der Waals surface area contributed by atoms with Crippen LogP contribution in [-0.2, 0) is 4.74 Å². The first kappa shape index (κ1) is 14.2. The van der Waals surface area contributed by atoms with Gasteiger partial charge in [0, 0.05) is 6.20 Å². The van der Waals surface area contributed by atoms with Gasteiger partial charge in [0.05, 0.1) is 12.2 Å². The molecule has 0 saturated carbocycles. The number of amidine groups is 1. The number of aromatic nitrogens is 1. The zero-order valence-corrected chi connectivity index (χ0v) is 10.9. The van der Waals surface area contributed by atoms with Crippen molar-refractivity contribution in [2.45, 2.75) is 26.4 Å². The summed E-state index contributed by atoms with van der Waals surface area (Å²) >= 11 is 0. The lowest BCUT2D eigenvalue weighted by Crippen LogP contribution is -2.23. The minimum absolute atomic E-state index is 0.0812. The van der Waals surface area contributed by atoms with Gasteiger partial charge in [-0.25, -0.2) is 4.98 Å². The predicted molar refractivity (Wildman–Crippen MR) is 67.9 cm³/mol. The van der Waals surface area contributed by atoms with E-state index in [-0.39, 0.29) is 11.4 Å². The Bertz CT molecular complexity index is 413. The summed E-state index contributed by atoms with van der Waals surface area (Å²) in [5, 5.41) is 11.5. The molecule has 100 valence electrons. The molecule has 6 nitrogen and oxygen atoms in total. The summed E-state index contributed by atoms with van der Waals surface area (Å²) in [6.45, 7) is 6.74. The van der Waals surface area contributed by atoms with Crippen LogP contribution in [0.4, 0.5) is 0 Å². The van der Waals surface area contributed by atoms with Gasteiger partial charge in [-0.2, -0.15) is 0 Å². The molecule has 0 atom stereocenters. The van der Waals surface area contributed by atoms with Crippen LogP contribution in [0.2, 0.25) is 0 Å². The van der Waals surface area contributed by atoms with Gasteiger partial charge in [0.2, 0.25) is 0 Å². The van der Waals surface area contributed by atoms with Crippen molar-refractivity contribution >= 4 is 5.84 Å². The fraction of sp³-hybridized carbons (Fsp3) is 0.500. The van der Waals surface area contributed by atoms with Gasteiger partial charge in [-0.1, -0.05) is 5.16 Å². The Morgan fingerprint density at radius 3 is 2.78 bits per heavy atom. The lowest BCUT2D eigenvalue weighted by atomic mass is 10.2. The molecule has 0 aliphatic rings. The van der Waals surface area contributed by atoms with E-state index in [0.717, 1.165) is 0 Å². The molecule has 1 heterocycles. The van der Waals surface area contributed by atoms with Crippen LogP contribution in [-0.4, -0.2) is 34.8 Å². The van der Waals surface area contributed by atoms with Crippen LogP contribution in [0.25, 0.3) is 0 Å². The smallest absolute Gasteiger partial charge is 0.192 e. The van der Waals surface area contributed by atoms with Gasteiger partial charge in [0.1, 0.15) is 12.4 Å². The van der Waals surface area contributed by atoms with Crippen molar-refractivity contribution in [1.82, 2.24) is 4.98 Å². The van der Waals surface area contributed by atoms with E-state index < -0.39 is 0 Å². The number of hydrogen-bond acceptors (Lipinski definition) is 5. The number of nitrogens with two attached hydrogens (primary N) is 1. The van der Waals surface area contributed by atoms with Crippen LogP contribution in [0, 0.1) is 0 Å². The molecule has 0 bridgehead atoms. The minimum atomic E-state index is -0.202. The molecule has 0 spiro atoms. The van der Waals surface area contributed by atoms with E-state index in [1.807, 2.05) is 20.8 Å². The molecule has 0 radical (unpaired) electrons. The predicted octanol–water partition coefficient (Wildman–Crippen LogP) is 1.37. The number of ether oxygens (including phenoxy) is 2. The molecule has 0 fully saturated rings. The van der Waals surface area contributed by atoms with Gasteiger partial charge in [-0.3, -0.25) is 0 Å². The molecule has 0 saturated heterocycles. The Balaban J connectivity index is 2.57. The van der Waals surface area contributed by atoms with E-state index in [4.69, 9.17) is 20.4 Å². The Labute approximate surface area is 106 Å². The Kier molecular flexibility index (Phi) is 4.91. The maximum Gasteiger partial charge on any atom is 0.192 e. The summed E-state index contributed by atoms with van der Waals surface area (Å²) in [6.07, 6.45) is 1.55. The average molecular weight is 253 g/mol. The summed E-state index contributed by atoms with van der Waals surface area (Å²) in [5.74, 6) is 0.382. The molecule has 1 rings (SSSR count). The molecule has 0 aliphatic heterocycles. The van der Waals surface area contributed by atoms with E-state index in [1.54, 1.807) is 18.3 Å². The van der Waals surface area contributed by atoms with Gasteiger partial charge < -0.3 is 20.4 Å². The first-order valence-electron chi connectivity index (χ1n) is 5.64. The lowest BCUT2D eigenvalue weighted by molar-refractivity contribution is -0.0163. The number of oxime groups is 1. The fourth-order valence-electron chi connectivity index (χ4n) is 1.25. The minimum Gasteiger partial charge on any atom is -0.489 e. The van der Waals surface area contributed by atoms with Crippen molar-refractivity contribution in [1.29, 1.82) is 0 Å². The number of nitrogens with zero attached hydrogens (tertiary/aromatic N) is 2. The standard InChI is InChI=1S/C12H19N3O3/c1-12(2,3)18-8-7-17-9-5-4-6-14-10(9)11(13)15-16/h4-6,16H,7-8H2,1-3H3,(H2,13,15). The summed E-state index contributed by atoms with van der Waals surface area (Å²) < 4.78 is 11.0. The Hall–Kier alpha value is -1.82. The van der Waals surface area contributed by atoms with Gasteiger partial charge in [-0.15, -0.1) is 0 Å². The van der Waals surface area contributed by atoms with Crippen molar-refractivity contribution < 1.29 is 14.7 Å². The van der Waals surface area contributed by atoms with Crippen molar-refractivity contribution in [3.05, 3.63) is 24.0 Å². The number of hydrogen-bond donors (Lipinski definition) is 2. The highest BCUT2D eigenvalue weighted by Crippen LogP contribution is 2.15. The summed E-state index contributed by atoms with van der Waals surface area (Å²) in [7, 11) is 0. The second-order valence-corrected chi connectivity index (χ2v) is 4.64. The van der Waals surface area contributed by atoms with E-state index in [1.165, 1.54) is 0 Å². The topological polar surface area (TPSA) is 90.0 Å². The molecule has 1 aromatic heterocycles. The molecular formula is C12H19N3O3. The normalized spacial score (nSPS) is 12.5. The highest BCUT2D eigenvalue weighted by atomic mass is 16.5. The molecule has 3 N–H and O–H groups in total. The molecule has 1 aromatic rings. The van der Waals surface area contributed by atoms with Crippen molar-refractivity contribution in [3.63, 3.8) is 0 Å². The number of rotatable bonds is 5. The van der Waals surface area contributed by atoms with Gasteiger partial charge in [-0.05, 0) is 32.9 Å². The lowest BCUT2D eigenvalue weighted by Gasteiger charge is -2.19. The van der Waals surface area contributed by atoms with Gasteiger partial charge in [0.15, 0.2) is 11.5 Å². The van der Waals surface area contributed by atoms with Crippen LogP contribution in [0.15, 0.2) is 23.5 Å². The molecule has 0 amide bonds. The van der Waals surface area contributed by atoms with E-state index in [0.29, 0.717) is 24.7 Å². The molecule has 0 unspecified atom stereocenters. The first-order chi connectivity index (χ1) is 8.44. The van der Waals surface area contributed by atoms with Crippen molar-refractivity contribution in [2.24, 2.45) is 10.9 Å². The Morgan fingerprint density at radius 1 is 1.44 bits per heavy atom. The zero-order chi connectivity index (χ0) is 13.6. The Morgan fingerprint density at radius 2 is 2.17 bits per heavy atom. The summed E-state index contributed by atoms with van der Waals surface area (Å²) in [4.78, 5) is 4.00. The first-order valence-corrected chi connectivity index (χ1v) is 5.64. The highest BCUT2D eigenvalue weighted by Gasteiger charge is 2.11. The van der Waals surface area contributed by atoms with Crippen LogP contribution in [0.1, 0.15) is 26.5 Å². The average Bonchev–Trinajstić information content (AvgIpc) is 2.33. The molecule has 18 heavy (non-hydrogen) atoms. The second kappa shape index (κ2) is 6.20. The van der Waals surface area contributed by atoms with Gasteiger partial charge >= 0.3 is 0 Å². The fourth-order valence-corrected chi connectivity index (χ4v) is 1.25. The monoisotopic (exact) mass is 253 g/mol. The van der Waals surface area contributed by atoms with Crippen LogP contribution < -0.4 is 10.5 Å². The van der Waals surface area contributed by atoms with Crippen LogP contribution in [0.3, 0.4) is 0 Å². The quantitative estimate of drug-likeness (QED) is 0.272. The maximum absolute atomic E-state index is 8.63. The number of pyridine rings is 1. The third kappa shape index (κ3) is 4.58. The maximum atomic E-state index is 8.63. The zero-order valence-electron chi connectivity index (χ0n) is 10.9. The third-order valence-electron chi connectivity index (χ3n) is 2.00. The molecular weight excluding hydrogens is 234 g/mol. The van der Waals surface area contributed by atoms with Crippen molar-refractivity contribution in [2.75, 3.05) is 13.2 Å². The van der Waals surface area contributed by atoms with E-state index in [9.17, 15) is 0 Å².